The molecular weight excluding hydrogens is 204 g/mol. The van der Waals surface area contributed by atoms with Gasteiger partial charge < -0.3 is 15.4 Å². The average molecular weight is 230 g/mol. The minimum absolute atomic E-state index is 0.0901. The van der Waals surface area contributed by atoms with Crippen LogP contribution in [-0.2, 0) is 9.53 Å². The van der Waals surface area contributed by atoms with E-state index < -0.39 is 0 Å². The summed E-state index contributed by atoms with van der Waals surface area (Å²) in [6.07, 6.45) is 1.47. The van der Waals surface area contributed by atoms with Crippen molar-refractivity contribution in [1.29, 1.82) is 0 Å². The average Bonchev–Trinajstić information content (AvgIpc) is 2.16. The zero-order valence-electron chi connectivity index (χ0n) is 11.2. The highest BCUT2D eigenvalue weighted by Gasteiger charge is 2.14. The van der Waals surface area contributed by atoms with Crippen molar-refractivity contribution in [3.05, 3.63) is 0 Å². The van der Waals surface area contributed by atoms with Crippen LogP contribution in [0, 0.1) is 0 Å². The molecule has 4 nitrogen and oxygen atoms in total. The van der Waals surface area contributed by atoms with Crippen molar-refractivity contribution in [1.82, 2.24) is 10.6 Å². The van der Waals surface area contributed by atoms with E-state index in [1.807, 2.05) is 13.8 Å². The van der Waals surface area contributed by atoms with Gasteiger partial charge in [0.05, 0.1) is 5.60 Å². The Morgan fingerprint density at radius 2 is 1.94 bits per heavy atom. The second kappa shape index (κ2) is 7.63. The van der Waals surface area contributed by atoms with Gasteiger partial charge in [-0.3, -0.25) is 4.79 Å². The lowest BCUT2D eigenvalue weighted by molar-refractivity contribution is -0.121. The number of nitrogens with one attached hydrogen (secondary N) is 2. The number of ether oxygens (including phenoxy) is 1. The molecule has 0 atom stereocenters. The van der Waals surface area contributed by atoms with E-state index >= 15 is 0 Å². The van der Waals surface area contributed by atoms with E-state index in [4.69, 9.17) is 4.74 Å². The Morgan fingerprint density at radius 3 is 2.44 bits per heavy atom. The van der Waals surface area contributed by atoms with Gasteiger partial charge in [-0.2, -0.15) is 0 Å². The summed E-state index contributed by atoms with van der Waals surface area (Å²) in [5.74, 6) is 0.105. The summed E-state index contributed by atoms with van der Waals surface area (Å²) in [4.78, 5) is 11.3. The molecule has 0 spiro atoms. The Bertz CT molecular complexity index is 203. The lowest BCUT2D eigenvalue weighted by Gasteiger charge is -2.22. The molecule has 0 aromatic carbocycles. The first-order chi connectivity index (χ1) is 7.37. The van der Waals surface area contributed by atoms with Crippen molar-refractivity contribution >= 4 is 5.91 Å². The summed E-state index contributed by atoms with van der Waals surface area (Å²) in [5.41, 5.74) is -0.0901. The van der Waals surface area contributed by atoms with E-state index in [1.165, 1.54) is 0 Å². The molecule has 0 bridgehead atoms. The predicted molar refractivity (Wildman–Crippen MR) is 66.5 cm³/mol. The molecule has 0 aliphatic heterocycles. The fraction of sp³-hybridized carbons (Fsp3) is 0.917. The van der Waals surface area contributed by atoms with Crippen LogP contribution in [0.15, 0.2) is 0 Å². The second-order valence-corrected chi connectivity index (χ2v) is 4.94. The largest absolute Gasteiger partial charge is 0.379 e. The minimum atomic E-state index is -0.0901. The zero-order valence-corrected chi connectivity index (χ0v) is 11.2. The summed E-state index contributed by atoms with van der Waals surface area (Å²) in [5, 5.41) is 6.10. The molecule has 0 aliphatic rings. The SMILES string of the molecule is COC(C)(C)CCNCCC(=O)NC(C)C. The first-order valence-electron chi connectivity index (χ1n) is 5.92. The molecule has 0 rings (SSSR count). The normalized spacial score (nSPS) is 11.9. The van der Waals surface area contributed by atoms with Gasteiger partial charge in [0.1, 0.15) is 0 Å². The quantitative estimate of drug-likeness (QED) is 0.618. The minimum Gasteiger partial charge on any atom is -0.379 e. The Labute approximate surface area is 99.1 Å². The molecule has 0 aromatic heterocycles. The lowest BCUT2D eigenvalue weighted by Crippen LogP contribution is -2.34. The van der Waals surface area contributed by atoms with Crippen LogP contribution in [0.2, 0.25) is 0 Å². The van der Waals surface area contributed by atoms with Crippen LogP contribution in [0.5, 0.6) is 0 Å². The standard InChI is InChI=1S/C12H26N2O2/c1-10(2)14-11(15)6-8-13-9-7-12(3,4)16-5/h10,13H,6-9H2,1-5H3,(H,14,15). The van der Waals surface area contributed by atoms with Crippen LogP contribution < -0.4 is 10.6 Å². The molecule has 16 heavy (non-hydrogen) atoms. The number of carbonyl (C=O) groups is 1. The molecule has 0 saturated carbocycles. The molecule has 0 unspecified atom stereocenters. The maximum absolute atomic E-state index is 11.3. The van der Waals surface area contributed by atoms with Crippen LogP contribution in [0.4, 0.5) is 0 Å². The van der Waals surface area contributed by atoms with Crippen molar-refractivity contribution in [3.8, 4) is 0 Å². The van der Waals surface area contributed by atoms with Gasteiger partial charge in [-0.05, 0) is 40.7 Å². The zero-order chi connectivity index (χ0) is 12.6. The molecule has 0 aromatic rings. The third-order valence-corrected chi connectivity index (χ3v) is 2.43. The fourth-order valence-corrected chi connectivity index (χ4v) is 1.21. The molecule has 2 N–H and O–H groups in total. The third-order valence-electron chi connectivity index (χ3n) is 2.43. The Morgan fingerprint density at radius 1 is 1.31 bits per heavy atom. The van der Waals surface area contributed by atoms with Gasteiger partial charge in [0.25, 0.3) is 0 Å². The summed E-state index contributed by atoms with van der Waals surface area (Å²) in [6, 6.07) is 0.222. The van der Waals surface area contributed by atoms with Gasteiger partial charge in [-0.15, -0.1) is 0 Å². The molecule has 0 heterocycles. The number of amides is 1. The molecule has 0 fully saturated rings. The summed E-state index contributed by atoms with van der Waals surface area (Å²) in [6.45, 7) is 9.63. The topological polar surface area (TPSA) is 50.4 Å². The van der Waals surface area contributed by atoms with E-state index in [9.17, 15) is 4.79 Å². The van der Waals surface area contributed by atoms with Gasteiger partial charge >= 0.3 is 0 Å². The Balaban J connectivity index is 3.44. The number of methoxy groups -OCH3 is 1. The van der Waals surface area contributed by atoms with E-state index in [0.717, 1.165) is 19.5 Å². The Hall–Kier alpha value is -0.610. The van der Waals surface area contributed by atoms with Gasteiger partial charge in [-0.1, -0.05) is 0 Å². The molecule has 0 aliphatic carbocycles. The number of hydrogen-bond acceptors (Lipinski definition) is 3. The van der Waals surface area contributed by atoms with Gasteiger partial charge in [0, 0.05) is 26.1 Å². The molecule has 4 heteroatoms. The predicted octanol–water partition coefficient (Wildman–Crippen LogP) is 1.31. The number of hydrogen-bond donors (Lipinski definition) is 2. The van der Waals surface area contributed by atoms with Crippen molar-refractivity contribution in [2.75, 3.05) is 20.2 Å². The van der Waals surface area contributed by atoms with Crippen LogP contribution in [0.25, 0.3) is 0 Å². The van der Waals surface area contributed by atoms with Gasteiger partial charge in [0.2, 0.25) is 5.91 Å². The molecule has 0 radical (unpaired) electrons. The van der Waals surface area contributed by atoms with Crippen LogP contribution in [-0.4, -0.2) is 37.7 Å². The summed E-state index contributed by atoms with van der Waals surface area (Å²) in [7, 11) is 1.72. The van der Waals surface area contributed by atoms with Crippen LogP contribution in [0.3, 0.4) is 0 Å². The van der Waals surface area contributed by atoms with Gasteiger partial charge in [0.15, 0.2) is 0 Å². The van der Waals surface area contributed by atoms with E-state index in [2.05, 4.69) is 24.5 Å². The monoisotopic (exact) mass is 230 g/mol. The van der Waals surface area contributed by atoms with E-state index in [-0.39, 0.29) is 17.6 Å². The lowest BCUT2D eigenvalue weighted by atomic mass is 10.1. The van der Waals surface area contributed by atoms with Crippen molar-refractivity contribution < 1.29 is 9.53 Å². The highest BCUT2D eigenvalue weighted by atomic mass is 16.5. The first-order valence-corrected chi connectivity index (χ1v) is 5.92. The van der Waals surface area contributed by atoms with Crippen LogP contribution in [0.1, 0.15) is 40.5 Å². The second-order valence-electron chi connectivity index (χ2n) is 4.94. The first kappa shape index (κ1) is 15.4. The highest BCUT2D eigenvalue weighted by molar-refractivity contribution is 5.76. The summed E-state index contributed by atoms with van der Waals surface area (Å²) < 4.78 is 5.30. The maximum atomic E-state index is 11.3. The van der Waals surface area contributed by atoms with Crippen molar-refractivity contribution in [3.63, 3.8) is 0 Å². The molecule has 96 valence electrons. The van der Waals surface area contributed by atoms with Crippen LogP contribution >= 0.6 is 0 Å². The van der Waals surface area contributed by atoms with Crippen molar-refractivity contribution in [2.24, 2.45) is 0 Å². The van der Waals surface area contributed by atoms with Gasteiger partial charge in [-0.25, -0.2) is 0 Å². The third kappa shape index (κ3) is 8.68. The maximum Gasteiger partial charge on any atom is 0.221 e. The molecule has 1 amide bonds. The van der Waals surface area contributed by atoms with E-state index in [0.29, 0.717) is 6.42 Å². The smallest absolute Gasteiger partial charge is 0.221 e. The molecule has 0 saturated heterocycles. The highest BCUT2D eigenvalue weighted by Crippen LogP contribution is 2.11. The summed E-state index contributed by atoms with van der Waals surface area (Å²) >= 11 is 0. The van der Waals surface area contributed by atoms with E-state index in [1.54, 1.807) is 7.11 Å². The number of carbonyl (C=O) groups excluding carboxylic acids is 1. The molecular formula is C12H26N2O2. The Kier molecular flexibility index (Phi) is 7.34. The fourth-order valence-electron chi connectivity index (χ4n) is 1.21. The van der Waals surface area contributed by atoms with Crippen molar-refractivity contribution in [2.45, 2.75) is 52.2 Å². The number of rotatable bonds is 8.